The van der Waals surface area contributed by atoms with Gasteiger partial charge in [0.2, 0.25) is 5.91 Å². The Morgan fingerprint density at radius 2 is 2.18 bits per heavy atom. The number of nitrogens with zero attached hydrogens (tertiary/aromatic N) is 4. The van der Waals surface area contributed by atoms with Crippen LogP contribution in [-0.4, -0.2) is 42.3 Å². The number of aromatic nitrogens is 4. The van der Waals surface area contributed by atoms with Crippen LogP contribution in [0.3, 0.4) is 0 Å². The van der Waals surface area contributed by atoms with Gasteiger partial charge in [-0.2, -0.15) is 0 Å². The van der Waals surface area contributed by atoms with Crippen molar-refractivity contribution in [1.82, 2.24) is 24.4 Å². The lowest BCUT2D eigenvalue weighted by Gasteiger charge is -2.35. The molecule has 2 heterocycles. The molecule has 7 nitrogen and oxygen atoms in total. The Morgan fingerprint density at radius 1 is 1.32 bits per heavy atom. The lowest BCUT2D eigenvalue weighted by atomic mass is 9.88. The highest BCUT2D eigenvalue weighted by molar-refractivity contribution is 5.77. The third-order valence-electron chi connectivity index (χ3n) is 5.71. The molecule has 148 valence electrons. The summed E-state index contributed by atoms with van der Waals surface area (Å²) in [4.78, 5) is 21.1. The molecule has 1 fully saturated rings. The Labute approximate surface area is 164 Å². The molecule has 28 heavy (non-hydrogen) atoms. The van der Waals surface area contributed by atoms with E-state index < -0.39 is 6.10 Å². The number of para-hydroxylation sites is 2. The number of imidazole rings is 2. The minimum atomic E-state index is -0.591. The highest BCUT2D eigenvalue weighted by atomic mass is 16.3. The van der Waals surface area contributed by atoms with Crippen LogP contribution in [0.2, 0.25) is 0 Å². The summed E-state index contributed by atoms with van der Waals surface area (Å²) in [6, 6.07) is 7.83. The highest BCUT2D eigenvalue weighted by Gasteiger charge is 2.33. The number of hydrogen-bond donors (Lipinski definition) is 2. The van der Waals surface area contributed by atoms with E-state index in [1.165, 1.54) is 0 Å². The molecule has 0 saturated heterocycles. The lowest BCUT2D eigenvalue weighted by Crippen LogP contribution is -2.49. The number of aryl methyl sites for hydroxylation is 2. The number of amides is 1. The molecule has 0 radical (unpaired) electrons. The lowest BCUT2D eigenvalue weighted by molar-refractivity contribution is -0.123. The van der Waals surface area contributed by atoms with Crippen LogP contribution in [-0.2, 0) is 11.3 Å². The van der Waals surface area contributed by atoms with Crippen LogP contribution in [0.25, 0.3) is 11.0 Å². The molecule has 1 amide bonds. The van der Waals surface area contributed by atoms with Crippen molar-refractivity contribution in [3.63, 3.8) is 0 Å². The zero-order valence-electron chi connectivity index (χ0n) is 16.2. The van der Waals surface area contributed by atoms with Gasteiger partial charge in [0.25, 0.3) is 0 Å². The van der Waals surface area contributed by atoms with Crippen molar-refractivity contribution < 1.29 is 9.90 Å². The van der Waals surface area contributed by atoms with Crippen LogP contribution in [0.1, 0.15) is 44.0 Å². The summed E-state index contributed by atoms with van der Waals surface area (Å²) in [7, 11) is 0. The number of hydrogen-bond acceptors (Lipinski definition) is 4. The number of carbonyl (C=O) groups is 1. The number of benzene rings is 1. The Balaban J connectivity index is 1.31. The van der Waals surface area contributed by atoms with Crippen molar-refractivity contribution in [2.45, 2.75) is 63.8 Å². The smallest absolute Gasteiger partial charge is 0.220 e. The van der Waals surface area contributed by atoms with Crippen molar-refractivity contribution in [2.24, 2.45) is 0 Å². The molecule has 2 N–H and O–H groups in total. The fraction of sp³-hybridized carbons (Fsp3) is 0.476. The van der Waals surface area contributed by atoms with Crippen LogP contribution in [0.5, 0.6) is 0 Å². The number of nitrogens with one attached hydrogen (secondary N) is 1. The van der Waals surface area contributed by atoms with E-state index in [0.717, 1.165) is 49.1 Å². The Hall–Kier alpha value is -2.67. The van der Waals surface area contributed by atoms with Gasteiger partial charge < -0.3 is 19.6 Å². The highest BCUT2D eigenvalue weighted by Crippen LogP contribution is 2.29. The van der Waals surface area contributed by atoms with Crippen molar-refractivity contribution >= 4 is 16.9 Å². The second-order valence-corrected chi connectivity index (χ2v) is 7.58. The first-order chi connectivity index (χ1) is 13.6. The normalized spacial score (nSPS) is 22.4. The number of carbonyl (C=O) groups excluding carboxylic acids is 1. The van der Waals surface area contributed by atoms with E-state index in [2.05, 4.69) is 25.9 Å². The Bertz CT molecular complexity index is 934. The summed E-state index contributed by atoms with van der Waals surface area (Å²) in [5.74, 6) is 0.963. The molecule has 1 aliphatic carbocycles. The fourth-order valence-electron chi connectivity index (χ4n) is 4.26. The van der Waals surface area contributed by atoms with E-state index in [1.807, 2.05) is 35.9 Å². The van der Waals surface area contributed by atoms with E-state index in [9.17, 15) is 9.90 Å². The molecule has 0 aliphatic heterocycles. The van der Waals surface area contributed by atoms with Crippen molar-refractivity contribution in [1.29, 1.82) is 0 Å². The quantitative estimate of drug-likeness (QED) is 0.687. The SMILES string of the molecule is Cc1nc2ccccc2n1CCCC(=O)N[C@@H]1CCC[C@@H](n2ccnc2)[C@@H]1O. The fourth-order valence-corrected chi connectivity index (χ4v) is 4.26. The molecule has 1 saturated carbocycles. The van der Waals surface area contributed by atoms with Gasteiger partial charge in [-0.05, 0) is 44.7 Å². The van der Waals surface area contributed by atoms with Crippen molar-refractivity contribution in [2.75, 3.05) is 0 Å². The average molecular weight is 381 g/mol. The van der Waals surface area contributed by atoms with Crippen LogP contribution in [0, 0.1) is 6.92 Å². The van der Waals surface area contributed by atoms with E-state index in [4.69, 9.17) is 0 Å². The first kappa shape index (κ1) is 18.7. The Kier molecular flexibility index (Phi) is 5.43. The van der Waals surface area contributed by atoms with E-state index in [0.29, 0.717) is 6.42 Å². The van der Waals surface area contributed by atoms with Gasteiger partial charge >= 0.3 is 0 Å². The third kappa shape index (κ3) is 3.80. The summed E-state index contributed by atoms with van der Waals surface area (Å²) in [6.07, 6.45) is 8.59. The van der Waals surface area contributed by atoms with Gasteiger partial charge in [-0.1, -0.05) is 12.1 Å². The largest absolute Gasteiger partial charge is 0.389 e. The summed E-state index contributed by atoms with van der Waals surface area (Å²) < 4.78 is 4.10. The molecule has 1 aromatic carbocycles. The number of rotatable bonds is 6. The van der Waals surface area contributed by atoms with Crippen LogP contribution < -0.4 is 5.32 Å². The second kappa shape index (κ2) is 8.14. The predicted molar refractivity (Wildman–Crippen MR) is 107 cm³/mol. The average Bonchev–Trinajstić information content (AvgIpc) is 3.32. The predicted octanol–water partition coefficient (Wildman–Crippen LogP) is 2.59. The van der Waals surface area contributed by atoms with Gasteiger partial charge in [0.15, 0.2) is 0 Å². The molecular formula is C21H27N5O2. The minimum Gasteiger partial charge on any atom is -0.389 e. The first-order valence-corrected chi connectivity index (χ1v) is 10.0. The molecule has 3 aromatic rings. The molecule has 7 heteroatoms. The van der Waals surface area contributed by atoms with E-state index in [-0.39, 0.29) is 18.0 Å². The van der Waals surface area contributed by atoms with Gasteiger partial charge in [-0.3, -0.25) is 4.79 Å². The molecule has 0 spiro atoms. The van der Waals surface area contributed by atoms with Crippen LogP contribution >= 0.6 is 0 Å². The maximum atomic E-state index is 12.5. The first-order valence-electron chi connectivity index (χ1n) is 10.0. The molecule has 3 atom stereocenters. The Morgan fingerprint density at radius 3 is 3.00 bits per heavy atom. The molecule has 0 unspecified atom stereocenters. The van der Waals surface area contributed by atoms with Gasteiger partial charge in [0.05, 0.1) is 35.5 Å². The summed E-state index contributed by atoms with van der Waals surface area (Å²) in [6.45, 7) is 2.75. The monoisotopic (exact) mass is 381 g/mol. The maximum Gasteiger partial charge on any atom is 0.220 e. The van der Waals surface area contributed by atoms with E-state index >= 15 is 0 Å². The standard InChI is InChI=1S/C21H27N5O2/c1-15-23-16-6-2-3-8-18(16)26(15)12-5-10-20(27)24-17-7-4-9-19(21(17)28)25-13-11-22-14-25/h2-3,6,8,11,13-14,17,19,21,28H,4-5,7,9-10,12H2,1H3,(H,24,27)/t17-,19-,21-/m1/s1. The molecular weight excluding hydrogens is 354 g/mol. The summed E-state index contributed by atoms with van der Waals surface area (Å²) in [5, 5.41) is 13.7. The minimum absolute atomic E-state index is 0.00240. The van der Waals surface area contributed by atoms with Crippen molar-refractivity contribution in [3.8, 4) is 0 Å². The van der Waals surface area contributed by atoms with Gasteiger partial charge in [0.1, 0.15) is 5.82 Å². The number of aliphatic hydroxyl groups is 1. The molecule has 1 aliphatic rings. The van der Waals surface area contributed by atoms with Crippen LogP contribution in [0.4, 0.5) is 0 Å². The van der Waals surface area contributed by atoms with Crippen LogP contribution in [0.15, 0.2) is 43.0 Å². The molecule has 0 bridgehead atoms. The van der Waals surface area contributed by atoms with Gasteiger partial charge in [-0.15, -0.1) is 0 Å². The number of aliphatic hydroxyl groups excluding tert-OH is 1. The summed E-state index contributed by atoms with van der Waals surface area (Å²) >= 11 is 0. The summed E-state index contributed by atoms with van der Waals surface area (Å²) in [5.41, 5.74) is 2.09. The maximum absolute atomic E-state index is 12.5. The topological polar surface area (TPSA) is 85.0 Å². The molecule has 2 aromatic heterocycles. The third-order valence-corrected chi connectivity index (χ3v) is 5.71. The van der Waals surface area contributed by atoms with Gasteiger partial charge in [-0.25, -0.2) is 9.97 Å². The van der Waals surface area contributed by atoms with Crippen molar-refractivity contribution in [3.05, 3.63) is 48.8 Å². The van der Waals surface area contributed by atoms with Gasteiger partial charge in [0, 0.05) is 25.4 Å². The zero-order valence-corrected chi connectivity index (χ0v) is 16.2. The zero-order chi connectivity index (χ0) is 19.5. The second-order valence-electron chi connectivity index (χ2n) is 7.58. The van der Waals surface area contributed by atoms with E-state index in [1.54, 1.807) is 12.5 Å². The number of fused-ring (bicyclic) bond motifs is 1. The molecule has 4 rings (SSSR count).